The molecule has 1 atom stereocenters. The number of rotatable bonds is 4. The molecule has 2 rings (SSSR count). The monoisotopic (exact) mass is 295 g/mol. The van der Waals surface area contributed by atoms with Gasteiger partial charge in [0.1, 0.15) is 0 Å². The molecule has 0 radical (unpaired) electrons. The Morgan fingerprint density at radius 1 is 1.25 bits per heavy atom. The standard InChI is InChI=1S/C13H14BrNS/c1-10(11-5-3-2-4-6-11)15-7-12-8-16-9-13(12)14/h2-6,8-10,15H,7H2,1H3. The largest absolute Gasteiger partial charge is 0.306 e. The van der Waals surface area contributed by atoms with Gasteiger partial charge in [-0.1, -0.05) is 30.3 Å². The zero-order chi connectivity index (χ0) is 11.4. The van der Waals surface area contributed by atoms with E-state index >= 15 is 0 Å². The molecule has 0 spiro atoms. The van der Waals surface area contributed by atoms with Crippen LogP contribution >= 0.6 is 27.3 Å². The Morgan fingerprint density at radius 3 is 2.62 bits per heavy atom. The molecule has 0 aliphatic heterocycles. The molecule has 3 heteroatoms. The van der Waals surface area contributed by atoms with Crippen molar-refractivity contribution in [3.8, 4) is 0 Å². The highest BCUT2D eigenvalue weighted by atomic mass is 79.9. The van der Waals surface area contributed by atoms with Crippen molar-refractivity contribution in [3.63, 3.8) is 0 Å². The molecule has 0 saturated carbocycles. The molecule has 1 unspecified atom stereocenters. The molecule has 1 aromatic carbocycles. The zero-order valence-electron chi connectivity index (χ0n) is 9.11. The molecule has 1 N–H and O–H groups in total. The highest BCUT2D eigenvalue weighted by molar-refractivity contribution is 9.10. The Kier molecular flexibility index (Phi) is 4.16. The van der Waals surface area contributed by atoms with E-state index in [0.29, 0.717) is 6.04 Å². The summed E-state index contributed by atoms with van der Waals surface area (Å²) in [5.74, 6) is 0. The summed E-state index contributed by atoms with van der Waals surface area (Å²) in [6.07, 6.45) is 0. The molecule has 0 amide bonds. The van der Waals surface area contributed by atoms with Crippen LogP contribution in [-0.2, 0) is 6.54 Å². The van der Waals surface area contributed by atoms with Gasteiger partial charge in [0.15, 0.2) is 0 Å². The molecule has 0 fully saturated rings. The summed E-state index contributed by atoms with van der Waals surface area (Å²) in [4.78, 5) is 0. The highest BCUT2D eigenvalue weighted by Gasteiger charge is 2.05. The van der Waals surface area contributed by atoms with Crippen molar-refractivity contribution in [2.24, 2.45) is 0 Å². The lowest BCUT2D eigenvalue weighted by atomic mass is 10.1. The van der Waals surface area contributed by atoms with Crippen LogP contribution in [0.3, 0.4) is 0 Å². The lowest BCUT2D eigenvalue weighted by molar-refractivity contribution is 0.574. The summed E-state index contributed by atoms with van der Waals surface area (Å²) < 4.78 is 1.20. The van der Waals surface area contributed by atoms with E-state index in [1.165, 1.54) is 15.6 Å². The number of thiophene rings is 1. The van der Waals surface area contributed by atoms with Gasteiger partial charge in [0.05, 0.1) is 0 Å². The first-order chi connectivity index (χ1) is 7.77. The Balaban J connectivity index is 1.94. The van der Waals surface area contributed by atoms with Gasteiger partial charge in [-0.15, -0.1) is 0 Å². The quantitative estimate of drug-likeness (QED) is 0.884. The Bertz CT molecular complexity index is 438. The predicted octanol–water partition coefficient (Wildman–Crippen LogP) is 4.36. The summed E-state index contributed by atoms with van der Waals surface area (Å²) in [5.41, 5.74) is 2.65. The predicted molar refractivity (Wildman–Crippen MR) is 73.7 cm³/mol. The van der Waals surface area contributed by atoms with E-state index in [1.54, 1.807) is 11.3 Å². The van der Waals surface area contributed by atoms with E-state index in [9.17, 15) is 0 Å². The molecule has 2 aromatic rings. The van der Waals surface area contributed by atoms with Gasteiger partial charge < -0.3 is 5.32 Å². The second-order valence-electron chi connectivity index (χ2n) is 3.76. The summed E-state index contributed by atoms with van der Waals surface area (Å²) in [6, 6.07) is 10.9. The van der Waals surface area contributed by atoms with Crippen LogP contribution in [0.5, 0.6) is 0 Å². The SMILES string of the molecule is CC(NCc1cscc1Br)c1ccccc1. The van der Waals surface area contributed by atoms with Gasteiger partial charge in [-0.2, -0.15) is 11.3 Å². The first-order valence-corrected chi connectivity index (χ1v) is 7.00. The lowest BCUT2D eigenvalue weighted by Crippen LogP contribution is -2.17. The van der Waals surface area contributed by atoms with Crippen molar-refractivity contribution in [1.82, 2.24) is 5.32 Å². The van der Waals surface area contributed by atoms with Gasteiger partial charge in [0.25, 0.3) is 0 Å². The van der Waals surface area contributed by atoms with Gasteiger partial charge in [-0.3, -0.25) is 0 Å². The second kappa shape index (κ2) is 5.62. The number of benzene rings is 1. The van der Waals surface area contributed by atoms with Gasteiger partial charge in [0, 0.05) is 22.4 Å². The average molecular weight is 296 g/mol. The van der Waals surface area contributed by atoms with Crippen LogP contribution in [0.15, 0.2) is 45.6 Å². The molecule has 1 nitrogen and oxygen atoms in total. The third kappa shape index (κ3) is 2.94. The average Bonchev–Trinajstić information content (AvgIpc) is 2.73. The summed E-state index contributed by atoms with van der Waals surface area (Å²) in [6.45, 7) is 3.09. The normalized spacial score (nSPS) is 12.6. The van der Waals surface area contributed by atoms with Gasteiger partial charge in [-0.05, 0) is 39.4 Å². The maximum Gasteiger partial charge on any atom is 0.0327 e. The van der Waals surface area contributed by atoms with Crippen molar-refractivity contribution >= 4 is 27.3 Å². The van der Waals surface area contributed by atoms with E-state index in [1.807, 2.05) is 6.07 Å². The number of hydrogen-bond donors (Lipinski definition) is 1. The molecule has 16 heavy (non-hydrogen) atoms. The molecule has 0 bridgehead atoms. The Labute approximate surface area is 109 Å². The van der Waals surface area contributed by atoms with Gasteiger partial charge >= 0.3 is 0 Å². The molecule has 0 aliphatic carbocycles. The minimum atomic E-state index is 0.382. The fourth-order valence-electron chi connectivity index (χ4n) is 1.56. The maximum atomic E-state index is 3.54. The van der Waals surface area contributed by atoms with E-state index in [2.05, 4.69) is 63.2 Å². The molecule has 0 aliphatic rings. The molecule has 1 heterocycles. The molecular formula is C13H14BrNS. The van der Waals surface area contributed by atoms with Gasteiger partial charge in [0.2, 0.25) is 0 Å². The van der Waals surface area contributed by atoms with E-state index < -0.39 is 0 Å². The molecular weight excluding hydrogens is 282 g/mol. The zero-order valence-corrected chi connectivity index (χ0v) is 11.5. The Hall–Kier alpha value is -0.640. The van der Waals surface area contributed by atoms with Crippen molar-refractivity contribution < 1.29 is 0 Å². The van der Waals surface area contributed by atoms with E-state index in [0.717, 1.165) is 6.54 Å². The van der Waals surface area contributed by atoms with E-state index in [-0.39, 0.29) is 0 Å². The van der Waals surface area contributed by atoms with Crippen LogP contribution in [0.4, 0.5) is 0 Å². The fourth-order valence-corrected chi connectivity index (χ4v) is 3.00. The summed E-state index contributed by atoms with van der Waals surface area (Å²) >= 11 is 5.27. The number of nitrogens with one attached hydrogen (secondary N) is 1. The first-order valence-electron chi connectivity index (χ1n) is 5.26. The third-order valence-corrected chi connectivity index (χ3v) is 4.42. The lowest BCUT2D eigenvalue weighted by Gasteiger charge is -2.13. The van der Waals surface area contributed by atoms with Crippen LogP contribution in [0.2, 0.25) is 0 Å². The van der Waals surface area contributed by atoms with Crippen LogP contribution in [0, 0.1) is 0 Å². The minimum Gasteiger partial charge on any atom is -0.306 e. The minimum absolute atomic E-state index is 0.382. The summed E-state index contributed by atoms with van der Waals surface area (Å²) in [7, 11) is 0. The topological polar surface area (TPSA) is 12.0 Å². The maximum absolute atomic E-state index is 3.54. The highest BCUT2D eigenvalue weighted by Crippen LogP contribution is 2.22. The van der Waals surface area contributed by atoms with Crippen LogP contribution in [0.1, 0.15) is 24.1 Å². The molecule has 1 aromatic heterocycles. The van der Waals surface area contributed by atoms with Crippen LogP contribution in [-0.4, -0.2) is 0 Å². The number of hydrogen-bond acceptors (Lipinski definition) is 2. The Morgan fingerprint density at radius 2 is 2.00 bits per heavy atom. The second-order valence-corrected chi connectivity index (χ2v) is 5.36. The number of halogens is 1. The first kappa shape index (κ1) is 11.8. The third-order valence-electron chi connectivity index (χ3n) is 2.59. The van der Waals surface area contributed by atoms with E-state index in [4.69, 9.17) is 0 Å². The molecule has 0 saturated heterocycles. The van der Waals surface area contributed by atoms with Crippen LogP contribution < -0.4 is 5.32 Å². The van der Waals surface area contributed by atoms with Crippen molar-refractivity contribution in [3.05, 3.63) is 56.7 Å². The summed E-state index contributed by atoms with van der Waals surface area (Å²) in [5, 5.41) is 7.81. The van der Waals surface area contributed by atoms with Crippen molar-refractivity contribution in [2.75, 3.05) is 0 Å². The van der Waals surface area contributed by atoms with Gasteiger partial charge in [-0.25, -0.2) is 0 Å². The smallest absolute Gasteiger partial charge is 0.0327 e. The molecule has 84 valence electrons. The van der Waals surface area contributed by atoms with Crippen molar-refractivity contribution in [1.29, 1.82) is 0 Å². The fraction of sp³-hybridized carbons (Fsp3) is 0.231. The van der Waals surface area contributed by atoms with Crippen molar-refractivity contribution in [2.45, 2.75) is 19.5 Å². The van der Waals surface area contributed by atoms with Crippen LogP contribution in [0.25, 0.3) is 0 Å².